The predicted molar refractivity (Wildman–Crippen MR) is 61.0 cm³/mol. The van der Waals surface area contributed by atoms with E-state index in [1.54, 1.807) is 6.26 Å². The molecule has 0 amide bonds. The van der Waals surface area contributed by atoms with E-state index in [2.05, 4.69) is 0 Å². The standard InChI is InChI=1S/C13H12O4/c14-12(15)5-13(7-16-8-13)10-6-17-11-4-2-1-3-9(10)11/h1-4,6H,5,7-8H2,(H,14,15). The molecule has 0 spiro atoms. The largest absolute Gasteiger partial charge is 0.481 e. The Kier molecular flexibility index (Phi) is 2.19. The highest BCUT2D eigenvalue weighted by molar-refractivity contribution is 5.83. The molecule has 1 aliphatic rings. The van der Waals surface area contributed by atoms with E-state index < -0.39 is 11.4 Å². The molecular weight excluding hydrogens is 220 g/mol. The third-order valence-electron chi connectivity index (χ3n) is 3.30. The third kappa shape index (κ3) is 1.52. The van der Waals surface area contributed by atoms with Crippen LogP contribution in [0.3, 0.4) is 0 Å². The van der Waals surface area contributed by atoms with Crippen LogP contribution in [0.2, 0.25) is 0 Å². The molecule has 1 aromatic carbocycles. The number of hydrogen-bond donors (Lipinski definition) is 1. The number of carboxylic acid groups (broad SMARTS) is 1. The van der Waals surface area contributed by atoms with E-state index in [-0.39, 0.29) is 6.42 Å². The summed E-state index contributed by atoms with van der Waals surface area (Å²) >= 11 is 0. The van der Waals surface area contributed by atoms with Crippen molar-refractivity contribution < 1.29 is 19.1 Å². The van der Waals surface area contributed by atoms with Crippen molar-refractivity contribution in [2.45, 2.75) is 11.8 Å². The zero-order chi connectivity index (χ0) is 11.9. The molecule has 4 nitrogen and oxygen atoms in total. The summed E-state index contributed by atoms with van der Waals surface area (Å²) < 4.78 is 10.7. The molecule has 88 valence electrons. The number of benzene rings is 1. The Labute approximate surface area is 97.8 Å². The average Bonchev–Trinajstić information content (AvgIpc) is 2.67. The first kappa shape index (κ1) is 10.4. The maximum atomic E-state index is 11.0. The zero-order valence-electron chi connectivity index (χ0n) is 9.18. The summed E-state index contributed by atoms with van der Waals surface area (Å²) in [6.45, 7) is 0.894. The Bertz CT molecular complexity index is 566. The summed E-state index contributed by atoms with van der Waals surface area (Å²) in [4.78, 5) is 11.0. The molecule has 0 radical (unpaired) electrons. The van der Waals surface area contributed by atoms with Crippen molar-refractivity contribution in [3.05, 3.63) is 36.1 Å². The van der Waals surface area contributed by atoms with Gasteiger partial charge in [-0.25, -0.2) is 0 Å². The van der Waals surface area contributed by atoms with E-state index >= 15 is 0 Å². The van der Waals surface area contributed by atoms with E-state index in [1.807, 2.05) is 24.3 Å². The number of carbonyl (C=O) groups is 1. The molecule has 0 saturated carbocycles. The summed E-state index contributed by atoms with van der Waals surface area (Å²) in [5.74, 6) is -0.807. The van der Waals surface area contributed by atoms with Crippen LogP contribution in [0.15, 0.2) is 34.9 Å². The highest BCUT2D eigenvalue weighted by Crippen LogP contribution is 2.40. The Morgan fingerprint density at radius 2 is 2.12 bits per heavy atom. The second-order valence-electron chi connectivity index (χ2n) is 4.49. The Hall–Kier alpha value is -1.81. The van der Waals surface area contributed by atoms with Gasteiger partial charge in [-0.05, 0) is 6.07 Å². The Balaban J connectivity index is 2.10. The van der Waals surface area contributed by atoms with E-state index in [4.69, 9.17) is 14.3 Å². The molecule has 0 atom stereocenters. The molecule has 4 heteroatoms. The second kappa shape index (κ2) is 3.60. The Morgan fingerprint density at radius 3 is 2.76 bits per heavy atom. The molecule has 2 heterocycles. The molecule has 0 aliphatic carbocycles. The SMILES string of the molecule is O=C(O)CC1(c2coc3ccccc23)COC1. The number of furan rings is 1. The van der Waals surface area contributed by atoms with Crippen molar-refractivity contribution in [3.63, 3.8) is 0 Å². The van der Waals surface area contributed by atoms with Gasteiger partial charge in [0.15, 0.2) is 0 Å². The van der Waals surface area contributed by atoms with Gasteiger partial charge in [0.2, 0.25) is 0 Å². The number of ether oxygens (including phenoxy) is 1. The molecule has 1 saturated heterocycles. The van der Waals surface area contributed by atoms with Crippen LogP contribution in [0.1, 0.15) is 12.0 Å². The lowest BCUT2D eigenvalue weighted by Gasteiger charge is -2.39. The topological polar surface area (TPSA) is 59.7 Å². The van der Waals surface area contributed by atoms with Crippen LogP contribution >= 0.6 is 0 Å². The van der Waals surface area contributed by atoms with Crippen LogP contribution in [0.5, 0.6) is 0 Å². The molecule has 0 bridgehead atoms. The first-order chi connectivity index (χ1) is 8.21. The molecule has 1 aliphatic heterocycles. The second-order valence-corrected chi connectivity index (χ2v) is 4.49. The molecule has 1 aromatic heterocycles. The van der Waals surface area contributed by atoms with E-state index in [0.717, 1.165) is 16.5 Å². The molecular formula is C13H12O4. The first-order valence-corrected chi connectivity index (χ1v) is 5.48. The maximum Gasteiger partial charge on any atom is 0.304 e. The lowest BCUT2D eigenvalue weighted by molar-refractivity contribution is -0.145. The van der Waals surface area contributed by atoms with Gasteiger partial charge in [-0.3, -0.25) is 4.79 Å². The third-order valence-corrected chi connectivity index (χ3v) is 3.30. The molecule has 1 N–H and O–H groups in total. The highest BCUT2D eigenvalue weighted by atomic mass is 16.5. The van der Waals surface area contributed by atoms with Crippen LogP contribution in [0, 0.1) is 0 Å². The smallest absolute Gasteiger partial charge is 0.304 e. The molecule has 17 heavy (non-hydrogen) atoms. The minimum atomic E-state index is -0.807. The monoisotopic (exact) mass is 232 g/mol. The molecule has 2 aromatic rings. The number of fused-ring (bicyclic) bond motifs is 1. The van der Waals surface area contributed by atoms with Crippen LogP contribution in [0.25, 0.3) is 11.0 Å². The van der Waals surface area contributed by atoms with Crippen molar-refractivity contribution in [1.29, 1.82) is 0 Å². The van der Waals surface area contributed by atoms with Crippen molar-refractivity contribution in [2.24, 2.45) is 0 Å². The van der Waals surface area contributed by atoms with Gasteiger partial charge >= 0.3 is 5.97 Å². The van der Waals surface area contributed by atoms with E-state index in [1.165, 1.54) is 0 Å². The summed E-state index contributed by atoms with van der Waals surface area (Å²) in [6.07, 6.45) is 1.74. The summed E-state index contributed by atoms with van der Waals surface area (Å²) in [5.41, 5.74) is 1.32. The van der Waals surface area contributed by atoms with Gasteiger partial charge in [-0.15, -0.1) is 0 Å². The van der Waals surface area contributed by atoms with Crippen molar-refractivity contribution in [2.75, 3.05) is 13.2 Å². The first-order valence-electron chi connectivity index (χ1n) is 5.48. The lowest BCUT2D eigenvalue weighted by atomic mass is 9.76. The summed E-state index contributed by atoms with van der Waals surface area (Å²) in [5, 5.41) is 9.98. The summed E-state index contributed by atoms with van der Waals surface area (Å²) in [6, 6.07) is 7.66. The van der Waals surface area contributed by atoms with Gasteiger partial charge in [-0.2, -0.15) is 0 Å². The van der Waals surface area contributed by atoms with Gasteiger partial charge < -0.3 is 14.3 Å². The molecule has 1 fully saturated rings. The number of hydrogen-bond acceptors (Lipinski definition) is 3. The fourth-order valence-corrected chi connectivity index (χ4v) is 2.38. The molecule has 3 rings (SSSR count). The quantitative estimate of drug-likeness (QED) is 0.881. The normalized spacial score (nSPS) is 17.9. The Morgan fingerprint density at radius 1 is 1.35 bits per heavy atom. The maximum absolute atomic E-state index is 11.0. The number of para-hydroxylation sites is 1. The van der Waals surface area contributed by atoms with Crippen molar-refractivity contribution in [3.8, 4) is 0 Å². The minimum Gasteiger partial charge on any atom is -0.481 e. The van der Waals surface area contributed by atoms with E-state index in [0.29, 0.717) is 13.2 Å². The van der Waals surface area contributed by atoms with Crippen molar-refractivity contribution in [1.82, 2.24) is 0 Å². The van der Waals surface area contributed by atoms with Crippen LogP contribution in [-0.4, -0.2) is 24.3 Å². The number of aliphatic carboxylic acids is 1. The highest BCUT2D eigenvalue weighted by Gasteiger charge is 2.44. The lowest BCUT2D eigenvalue weighted by Crippen LogP contribution is -2.48. The van der Waals surface area contributed by atoms with Crippen molar-refractivity contribution >= 4 is 16.9 Å². The summed E-state index contributed by atoms with van der Waals surface area (Å²) in [7, 11) is 0. The van der Waals surface area contributed by atoms with E-state index in [9.17, 15) is 4.79 Å². The minimum absolute atomic E-state index is 0.0799. The number of carboxylic acids is 1. The van der Waals surface area contributed by atoms with Crippen LogP contribution < -0.4 is 0 Å². The average molecular weight is 232 g/mol. The molecule has 0 unspecified atom stereocenters. The zero-order valence-corrected chi connectivity index (χ0v) is 9.18. The van der Waals surface area contributed by atoms with Gasteiger partial charge in [0.1, 0.15) is 5.58 Å². The van der Waals surface area contributed by atoms with Gasteiger partial charge in [0.05, 0.1) is 31.3 Å². The van der Waals surface area contributed by atoms with Crippen LogP contribution in [-0.2, 0) is 14.9 Å². The predicted octanol–water partition coefficient (Wildman–Crippen LogP) is 2.18. The van der Waals surface area contributed by atoms with Crippen LogP contribution in [0.4, 0.5) is 0 Å². The fraction of sp³-hybridized carbons (Fsp3) is 0.308. The van der Waals surface area contributed by atoms with Gasteiger partial charge in [-0.1, -0.05) is 18.2 Å². The number of rotatable bonds is 3. The van der Waals surface area contributed by atoms with Gasteiger partial charge in [0, 0.05) is 10.9 Å². The van der Waals surface area contributed by atoms with Gasteiger partial charge in [0.25, 0.3) is 0 Å². The fourth-order valence-electron chi connectivity index (χ4n) is 2.38.